The zero-order valence-electron chi connectivity index (χ0n) is 8.93. The maximum Gasteiger partial charge on any atom is 0.0135 e. The fourth-order valence-corrected chi connectivity index (χ4v) is 0.892. The lowest BCUT2D eigenvalue weighted by molar-refractivity contribution is 0.575. The van der Waals surface area contributed by atoms with E-state index in [0.717, 1.165) is 24.9 Å². The van der Waals surface area contributed by atoms with Crippen molar-refractivity contribution in [2.75, 3.05) is 13.1 Å². The number of allylic oxidation sites excluding steroid dienone is 1. The molecule has 0 saturated heterocycles. The summed E-state index contributed by atoms with van der Waals surface area (Å²) in [6.07, 6.45) is 5.75. The molecule has 1 unspecified atom stereocenters. The van der Waals surface area contributed by atoms with E-state index < -0.39 is 0 Å². The van der Waals surface area contributed by atoms with Gasteiger partial charge in [-0.05, 0) is 18.4 Å². The van der Waals surface area contributed by atoms with Crippen molar-refractivity contribution < 1.29 is 0 Å². The molecule has 0 aliphatic rings. The van der Waals surface area contributed by atoms with E-state index in [-0.39, 0.29) is 0 Å². The third kappa shape index (κ3) is 7.80. The van der Waals surface area contributed by atoms with Crippen LogP contribution in [-0.2, 0) is 0 Å². The van der Waals surface area contributed by atoms with Gasteiger partial charge in [-0.1, -0.05) is 46.3 Å². The van der Waals surface area contributed by atoms with E-state index in [1.807, 2.05) is 0 Å². The van der Waals surface area contributed by atoms with E-state index in [2.05, 4.69) is 45.2 Å². The molecule has 0 aliphatic carbocycles. The van der Waals surface area contributed by atoms with Crippen LogP contribution in [-0.4, -0.2) is 13.1 Å². The predicted octanol–water partition coefficient (Wildman–Crippen LogP) is 2.83. The van der Waals surface area contributed by atoms with Gasteiger partial charge in [0.1, 0.15) is 0 Å². The first-order chi connectivity index (χ1) is 5.66. The van der Waals surface area contributed by atoms with Gasteiger partial charge in [0.25, 0.3) is 0 Å². The minimum Gasteiger partial charge on any atom is -0.313 e. The molecule has 0 saturated carbocycles. The first kappa shape index (κ1) is 11.7. The van der Waals surface area contributed by atoms with Crippen LogP contribution < -0.4 is 5.32 Å². The third-order valence-electron chi connectivity index (χ3n) is 1.92. The van der Waals surface area contributed by atoms with Crippen LogP contribution >= 0.6 is 0 Å². The smallest absolute Gasteiger partial charge is 0.0135 e. The lowest BCUT2D eigenvalue weighted by Gasteiger charge is -2.04. The van der Waals surface area contributed by atoms with Crippen LogP contribution in [0.15, 0.2) is 12.2 Å². The highest BCUT2D eigenvalue weighted by Gasteiger charge is 1.91. The molecule has 1 atom stereocenters. The highest BCUT2D eigenvalue weighted by atomic mass is 14.8. The number of nitrogens with one attached hydrogen (secondary N) is 1. The van der Waals surface area contributed by atoms with Gasteiger partial charge in [0.2, 0.25) is 0 Å². The molecule has 0 fully saturated rings. The van der Waals surface area contributed by atoms with Crippen molar-refractivity contribution in [3.8, 4) is 0 Å². The Morgan fingerprint density at radius 2 is 1.92 bits per heavy atom. The SMILES string of the molecule is CCC(C)/C=C/CNCC(C)C. The molecule has 0 spiro atoms. The Morgan fingerprint density at radius 1 is 1.25 bits per heavy atom. The molecule has 0 bridgehead atoms. The molecule has 12 heavy (non-hydrogen) atoms. The van der Waals surface area contributed by atoms with Gasteiger partial charge in [-0.2, -0.15) is 0 Å². The number of rotatable bonds is 6. The minimum atomic E-state index is 0.728. The summed E-state index contributed by atoms with van der Waals surface area (Å²) in [6.45, 7) is 11.1. The van der Waals surface area contributed by atoms with Crippen LogP contribution in [0.5, 0.6) is 0 Å². The maximum absolute atomic E-state index is 3.38. The molecule has 0 amide bonds. The zero-order valence-corrected chi connectivity index (χ0v) is 8.93. The summed E-state index contributed by atoms with van der Waals surface area (Å²) in [5.41, 5.74) is 0. The summed E-state index contributed by atoms with van der Waals surface area (Å²) in [5, 5.41) is 3.38. The molecule has 0 rings (SSSR count). The highest BCUT2D eigenvalue weighted by molar-refractivity contribution is 4.87. The van der Waals surface area contributed by atoms with Crippen molar-refractivity contribution in [3.05, 3.63) is 12.2 Å². The van der Waals surface area contributed by atoms with E-state index in [1.54, 1.807) is 0 Å². The molecule has 1 heteroatoms. The summed E-state index contributed by atoms with van der Waals surface area (Å²) >= 11 is 0. The Hall–Kier alpha value is -0.300. The van der Waals surface area contributed by atoms with Crippen LogP contribution in [0.3, 0.4) is 0 Å². The summed E-state index contributed by atoms with van der Waals surface area (Å²) in [5.74, 6) is 1.48. The minimum absolute atomic E-state index is 0.728. The molecule has 0 radical (unpaired) electrons. The fraction of sp³-hybridized carbons (Fsp3) is 0.818. The Labute approximate surface area is 77.2 Å². The quantitative estimate of drug-likeness (QED) is 0.476. The number of hydrogen-bond donors (Lipinski definition) is 1. The van der Waals surface area contributed by atoms with Crippen molar-refractivity contribution in [1.29, 1.82) is 0 Å². The summed E-state index contributed by atoms with van der Waals surface area (Å²) in [4.78, 5) is 0. The van der Waals surface area contributed by atoms with Crippen LogP contribution in [0.4, 0.5) is 0 Å². The molecule has 72 valence electrons. The van der Waals surface area contributed by atoms with Gasteiger partial charge in [-0.15, -0.1) is 0 Å². The van der Waals surface area contributed by atoms with E-state index in [1.165, 1.54) is 6.42 Å². The molecule has 0 aromatic carbocycles. The molecule has 0 heterocycles. The Balaban J connectivity index is 3.24. The van der Waals surface area contributed by atoms with Gasteiger partial charge in [-0.3, -0.25) is 0 Å². The summed E-state index contributed by atoms with van der Waals surface area (Å²) in [7, 11) is 0. The van der Waals surface area contributed by atoms with Crippen LogP contribution in [0.2, 0.25) is 0 Å². The van der Waals surface area contributed by atoms with Gasteiger partial charge >= 0.3 is 0 Å². The molecule has 0 aromatic heterocycles. The zero-order chi connectivity index (χ0) is 9.40. The Bertz CT molecular complexity index is 116. The second kappa shape index (κ2) is 7.35. The van der Waals surface area contributed by atoms with Gasteiger partial charge in [0.05, 0.1) is 0 Å². The number of hydrogen-bond acceptors (Lipinski definition) is 1. The van der Waals surface area contributed by atoms with E-state index >= 15 is 0 Å². The molecule has 1 nitrogen and oxygen atoms in total. The summed E-state index contributed by atoms with van der Waals surface area (Å²) < 4.78 is 0. The first-order valence-electron chi connectivity index (χ1n) is 5.04. The molecule has 0 aromatic rings. The Kier molecular flexibility index (Phi) is 7.17. The second-order valence-electron chi connectivity index (χ2n) is 3.87. The molecular weight excluding hydrogens is 146 g/mol. The monoisotopic (exact) mass is 169 g/mol. The fourth-order valence-electron chi connectivity index (χ4n) is 0.892. The van der Waals surface area contributed by atoms with Crippen molar-refractivity contribution in [3.63, 3.8) is 0 Å². The van der Waals surface area contributed by atoms with Crippen molar-refractivity contribution in [1.82, 2.24) is 5.32 Å². The molecular formula is C11H23N. The van der Waals surface area contributed by atoms with Gasteiger partial charge < -0.3 is 5.32 Å². The van der Waals surface area contributed by atoms with Gasteiger partial charge in [0.15, 0.2) is 0 Å². The van der Waals surface area contributed by atoms with E-state index in [9.17, 15) is 0 Å². The summed E-state index contributed by atoms with van der Waals surface area (Å²) in [6, 6.07) is 0. The van der Waals surface area contributed by atoms with Gasteiger partial charge in [0, 0.05) is 6.54 Å². The third-order valence-corrected chi connectivity index (χ3v) is 1.92. The normalized spacial score (nSPS) is 14.4. The van der Waals surface area contributed by atoms with Crippen molar-refractivity contribution in [2.45, 2.75) is 34.1 Å². The van der Waals surface area contributed by atoms with Crippen molar-refractivity contribution >= 4 is 0 Å². The highest BCUT2D eigenvalue weighted by Crippen LogP contribution is 2.00. The van der Waals surface area contributed by atoms with Crippen LogP contribution in [0.25, 0.3) is 0 Å². The topological polar surface area (TPSA) is 12.0 Å². The molecule has 0 aliphatic heterocycles. The largest absolute Gasteiger partial charge is 0.313 e. The Morgan fingerprint density at radius 3 is 2.42 bits per heavy atom. The maximum atomic E-state index is 3.38. The lowest BCUT2D eigenvalue weighted by Crippen LogP contribution is -2.19. The van der Waals surface area contributed by atoms with E-state index in [4.69, 9.17) is 0 Å². The lowest BCUT2D eigenvalue weighted by atomic mass is 10.1. The van der Waals surface area contributed by atoms with Crippen molar-refractivity contribution in [2.24, 2.45) is 11.8 Å². The average Bonchev–Trinajstić information content (AvgIpc) is 2.03. The standard InChI is InChI=1S/C11H23N/c1-5-11(4)7-6-8-12-9-10(2)3/h6-7,10-12H,5,8-9H2,1-4H3/b7-6+. The average molecular weight is 169 g/mol. The first-order valence-corrected chi connectivity index (χ1v) is 5.04. The van der Waals surface area contributed by atoms with Crippen LogP contribution in [0, 0.1) is 11.8 Å². The van der Waals surface area contributed by atoms with Gasteiger partial charge in [-0.25, -0.2) is 0 Å². The van der Waals surface area contributed by atoms with E-state index in [0.29, 0.717) is 0 Å². The molecule has 1 N–H and O–H groups in total. The predicted molar refractivity (Wildman–Crippen MR) is 56.3 cm³/mol. The van der Waals surface area contributed by atoms with Crippen LogP contribution in [0.1, 0.15) is 34.1 Å². The second-order valence-corrected chi connectivity index (χ2v) is 3.87.